The molecule has 0 aliphatic heterocycles. The molecule has 19 heavy (non-hydrogen) atoms. The van der Waals surface area contributed by atoms with Crippen molar-refractivity contribution in [1.29, 1.82) is 5.26 Å². The van der Waals surface area contributed by atoms with Crippen LogP contribution in [0.4, 0.5) is 0 Å². The van der Waals surface area contributed by atoms with Gasteiger partial charge in [0.05, 0.1) is 6.07 Å². The number of carbonyl (C=O) groups is 1. The van der Waals surface area contributed by atoms with Crippen LogP contribution in [0.15, 0.2) is 0 Å². The van der Waals surface area contributed by atoms with Crippen LogP contribution in [0.25, 0.3) is 0 Å². The van der Waals surface area contributed by atoms with Gasteiger partial charge in [-0.3, -0.25) is 4.79 Å². The Labute approximate surface area is 132 Å². The number of alkyl halides is 2. The molecular weight excluding hydrogens is 372 g/mol. The van der Waals surface area contributed by atoms with Crippen LogP contribution in [0.3, 0.4) is 0 Å². The fourth-order valence-corrected chi connectivity index (χ4v) is 3.03. The Morgan fingerprint density at radius 2 is 2.00 bits per heavy atom. The van der Waals surface area contributed by atoms with Gasteiger partial charge in [0.15, 0.2) is 0 Å². The van der Waals surface area contributed by atoms with Gasteiger partial charge in [0.2, 0.25) is 5.91 Å². The summed E-state index contributed by atoms with van der Waals surface area (Å²) in [6.07, 6.45) is 3.50. The fraction of sp³-hybridized carbons (Fsp3) is 0.857. The van der Waals surface area contributed by atoms with E-state index in [2.05, 4.69) is 64.0 Å². The number of halogens is 2. The summed E-state index contributed by atoms with van der Waals surface area (Å²) < 4.78 is 0. The molecule has 1 aliphatic rings. The number of carbonyl (C=O) groups excluding carboxylic acids is 1. The van der Waals surface area contributed by atoms with Gasteiger partial charge in [-0.25, -0.2) is 0 Å². The van der Waals surface area contributed by atoms with Crippen molar-refractivity contribution in [3.05, 3.63) is 0 Å². The van der Waals surface area contributed by atoms with Gasteiger partial charge in [0.1, 0.15) is 10.4 Å². The number of rotatable bonds is 3. The highest BCUT2D eigenvalue weighted by molar-refractivity contribution is 9.12. The lowest BCUT2D eigenvalue weighted by Gasteiger charge is -2.41. The van der Waals surface area contributed by atoms with Crippen LogP contribution in [0, 0.1) is 22.7 Å². The Balaban J connectivity index is 2.66. The van der Waals surface area contributed by atoms with Crippen molar-refractivity contribution in [3.8, 4) is 6.07 Å². The first-order valence-electron chi connectivity index (χ1n) is 6.67. The van der Waals surface area contributed by atoms with E-state index in [1.54, 1.807) is 0 Å². The Hall–Kier alpha value is -0.0800. The van der Waals surface area contributed by atoms with Crippen LogP contribution in [0.1, 0.15) is 46.5 Å². The maximum absolute atomic E-state index is 11.9. The fourth-order valence-electron chi connectivity index (χ4n) is 2.63. The summed E-state index contributed by atoms with van der Waals surface area (Å²) in [5, 5.41) is 12.9. The van der Waals surface area contributed by atoms with Crippen LogP contribution in [0.2, 0.25) is 0 Å². The minimum absolute atomic E-state index is 0.104. The summed E-state index contributed by atoms with van der Waals surface area (Å²) in [6, 6.07) is 2.33. The lowest BCUT2D eigenvalue weighted by molar-refractivity contribution is -0.121. The van der Waals surface area contributed by atoms with Crippen molar-refractivity contribution < 1.29 is 4.79 Å². The standard InChI is InChI=1S/C14H22Br2N2O/c1-13(2,3)10-4-6-14(9-17,7-5-10)18-12(19)11(16)8-15/h10-11H,4-8H2,1-3H3,(H,18,19). The molecule has 0 radical (unpaired) electrons. The van der Waals surface area contributed by atoms with E-state index in [-0.39, 0.29) is 16.1 Å². The van der Waals surface area contributed by atoms with E-state index in [1.807, 2.05) is 0 Å². The summed E-state index contributed by atoms with van der Waals surface area (Å²) in [5.41, 5.74) is -0.396. The summed E-state index contributed by atoms with van der Waals surface area (Å²) >= 11 is 6.56. The molecule has 1 saturated carbocycles. The molecular formula is C14H22Br2N2O. The van der Waals surface area contributed by atoms with Crippen LogP contribution in [-0.2, 0) is 4.79 Å². The van der Waals surface area contributed by atoms with E-state index >= 15 is 0 Å². The highest BCUT2D eigenvalue weighted by Crippen LogP contribution is 2.41. The third-order valence-corrected chi connectivity index (χ3v) is 6.32. The molecule has 0 aromatic heterocycles. The molecule has 3 nitrogen and oxygen atoms in total. The molecule has 1 atom stereocenters. The molecule has 108 valence electrons. The zero-order valence-corrected chi connectivity index (χ0v) is 15.0. The van der Waals surface area contributed by atoms with Crippen molar-refractivity contribution >= 4 is 37.8 Å². The lowest BCUT2D eigenvalue weighted by atomic mass is 9.67. The van der Waals surface area contributed by atoms with E-state index in [1.165, 1.54) is 0 Å². The third kappa shape index (κ3) is 4.46. The molecule has 1 N–H and O–H groups in total. The van der Waals surface area contributed by atoms with Crippen LogP contribution in [-0.4, -0.2) is 21.6 Å². The average molecular weight is 394 g/mol. The summed E-state index contributed by atoms with van der Waals surface area (Å²) in [6.45, 7) is 6.74. The van der Waals surface area contributed by atoms with Gasteiger partial charge in [-0.1, -0.05) is 52.6 Å². The minimum atomic E-state index is -0.674. The normalized spacial score (nSPS) is 29.4. The van der Waals surface area contributed by atoms with Crippen molar-refractivity contribution in [3.63, 3.8) is 0 Å². The van der Waals surface area contributed by atoms with Crippen molar-refractivity contribution in [2.24, 2.45) is 11.3 Å². The molecule has 0 bridgehead atoms. The van der Waals surface area contributed by atoms with E-state index in [9.17, 15) is 10.1 Å². The smallest absolute Gasteiger partial charge is 0.235 e. The Morgan fingerprint density at radius 1 is 1.47 bits per heavy atom. The number of nitriles is 1. The minimum Gasteiger partial charge on any atom is -0.337 e. The molecule has 0 heterocycles. The predicted molar refractivity (Wildman–Crippen MR) is 84.4 cm³/mol. The highest BCUT2D eigenvalue weighted by Gasteiger charge is 2.40. The number of hydrogen-bond donors (Lipinski definition) is 1. The zero-order valence-electron chi connectivity index (χ0n) is 11.8. The highest BCUT2D eigenvalue weighted by atomic mass is 79.9. The van der Waals surface area contributed by atoms with Gasteiger partial charge < -0.3 is 5.32 Å². The number of amides is 1. The summed E-state index contributed by atoms with van der Waals surface area (Å²) in [5.74, 6) is 0.523. The second-order valence-corrected chi connectivity index (χ2v) is 8.20. The van der Waals surface area contributed by atoms with Crippen LogP contribution >= 0.6 is 31.9 Å². The monoisotopic (exact) mass is 392 g/mol. The Bertz CT molecular complexity index is 363. The molecule has 0 saturated heterocycles. The Kier molecular flexibility index (Phi) is 5.88. The molecule has 1 rings (SSSR count). The molecule has 1 unspecified atom stereocenters. The first-order valence-corrected chi connectivity index (χ1v) is 8.71. The van der Waals surface area contributed by atoms with E-state index in [0.29, 0.717) is 11.2 Å². The quantitative estimate of drug-likeness (QED) is 0.742. The lowest BCUT2D eigenvalue weighted by Crippen LogP contribution is -2.52. The van der Waals surface area contributed by atoms with Gasteiger partial charge in [-0.2, -0.15) is 5.26 Å². The van der Waals surface area contributed by atoms with Gasteiger partial charge in [-0.05, 0) is 37.0 Å². The second kappa shape index (κ2) is 6.58. The molecule has 1 amide bonds. The second-order valence-electron chi connectivity index (χ2n) is 6.45. The van der Waals surface area contributed by atoms with Gasteiger partial charge >= 0.3 is 0 Å². The van der Waals surface area contributed by atoms with Crippen LogP contribution < -0.4 is 5.32 Å². The number of hydrogen-bond acceptors (Lipinski definition) is 2. The average Bonchev–Trinajstić information content (AvgIpc) is 2.37. The zero-order chi connectivity index (χ0) is 14.7. The molecule has 0 spiro atoms. The number of nitrogens with one attached hydrogen (secondary N) is 1. The van der Waals surface area contributed by atoms with Gasteiger partial charge in [0.25, 0.3) is 0 Å². The summed E-state index contributed by atoms with van der Waals surface area (Å²) in [7, 11) is 0. The Morgan fingerprint density at radius 3 is 2.37 bits per heavy atom. The van der Waals surface area contributed by atoms with Gasteiger partial charge in [0, 0.05) is 5.33 Å². The first kappa shape index (κ1) is 17.0. The third-order valence-electron chi connectivity index (χ3n) is 4.06. The molecule has 0 aromatic carbocycles. The summed E-state index contributed by atoms with van der Waals surface area (Å²) in [4.78, 5) is 11.7. The largest absolute Gasteiger partial charge is 0.337 e. The maximum Gasteiger partial charge on any atom is 0.235 e. The maximum atomic E-state index is 11.9. The molecule has 0 aromatic rings. The molecule has 1 aliphatic carbocycles. The van der Waals surface area contributed by atoms with E-state index < -0.39 is 5.54 Å². The molecule has 5 heteroatoms. The van der Waals surface area contributed by atoms with Crippen molar-refractivity contribution in [1.82, 2.24) is 5.32 Å². The topological polar surface area (TPSA) is 52.9 Å². The van der Waals surface area contributed by atoms with Crippen molar-refractivity contribution in [2.75, 3.05) is 5.33 Å². The van der Waals surface area contributed by atoms with E-state index in [0.717, 1.165) is 25.7 Å². The first-order chi connectivity index (χ1) is 8.74. The van der Waals surface area contributed by atoms with Gasteiger partial charge in [-0.15, -0.1) is 0 Å². The predicted octanol–water partition coefficient (Wildman–Crippen LogP) is 3.76. The van der Waals surface area contributed by atoms with E-state index in [4.69, 9.17) is 0 Å². The van der Waals surface area contributed by atoms with Crippen LogP contribution in [0.5, 0.6) is 0 Å². The molecule has 1 fully saturated rings. The number of nitrogens with zero attached hydrogens (tertiary/aromatic N) is 1. The SMILES string of the molecule is CC(C)(C)C1CCC(C#N)(NC(=O)C(Br)CBr)CC1. The van der Waals surface area contributed by atoms with Crippen molar-refractivity contribution in [2.45, 2.75) is 56.8 Å².